The van der Waals surface area contributed by atoms with E-state index in [0.29, 0.717) is 59.2 Å². The molecule has 0 fully saturated rings. The van der Waals surface area contributed by atoms with Crippen LogP contribution in [0.5, 0.6) is 0 Å². The lowest BCUT2D eigenvalue weighted by atomic mass is 10.0. The summed E-state index contributed by atoms with van der Waals surface area (Å²) in [7, 11) is 0. The average Bonchev–Trinajstić information content (AvgIpc) is 3.05. The van der Waals surface area contributed by atoms with Crippen molar-refractivity contribution in [2.45, 2.75) is 26.7 Å². The lowest BCUT2D eigenvalue weighted by Crippen LogP contribution is -2.42. The summed E-state index contributed by atoms with van der Waals surface area (Å²) >= 11 is 0. The molecule has 0 aromatic heterocycles. The second-order valence-electron chi connectivity index (χ2n) is 11.2. The number of carbonyl (C=O) groups excluding carboxylic acids is 2. The minimum absolute atomic E-state index is 0.293. The lowest BCUT2D eigenvalue weighted by Gasteiger charge is -2.28. The van der Waals surface area contributed by atoms with Gasteiger partial charge in [-0.3, -0.25) is 9.59 Å². The highest BCUT2D eigenvalue weighted by Gasteiger charge is 2.21. The van der Waals surface area contributed by atoms with Crippen molar-refractivity contribution < 1.29 is 9.59 Å². The fourth-order valence-electron chi connectivity index (χ4n) is 5.32. The highest BCUT2D eigenvalue weighted by Crippen LogP contribution is 2.25. The Bertz CT molecular complexity index is 1590. The Balaban J connectivity index is 1.18. The maximum absolute atomic E-state index is 12.9. The number of hydrogen-bond acceptors (Lipinski definition) is 10. The molecule has 0 unspecified atom stereocenters. The minimum Gasteiger partial charge on any atom is -0.383 e. The molecule has 2 aliphatic heterocycles. The molecule has 2 heterocycles. The van der Waals surface area contributed by atoms with Crippen LogP contribution in [-0.2, 0) is 0 Å². The Morgan fingerprint density at radius 1 is 0.609 bits per heavy atom. The van der Waals surface area contributed by atoms with Gasteiger partial charge in [0, 0.05) is 59.8 Å². The first kappa shape index (κ1) is 31.6. The van der Waals surface area contributed by atoms with E-state index in [1.165, 1.54) is 0 Å². The molecule has 0 bridgehead atoms. The normalized spacial score (nSPS) is 15.0. The molecule has 2 aliphatic rings. The van der Waals surface area contributed by atoms with Crippen molar-refractivity contribution in [1.29, 1.82) is 0 Å². The van der Waals surface area contributed by atoms with Crippen LogP contribution in [0.4, 0.5) is 11.4 Å². The van der Waals surface area contributed by atoms with E-state index in [0.717, 1.165) is 48.2 Å². The molecule has 3 aromatic carbocycles. The topological polar surface area (TPSA) is 193 Å². The highest BCUT2D eigenvalue weighted by atomic mass is 16.2. The number of nitrogens with zero attached hydrogens (tertiary/aromatic N) is 4. The second-order valence-corrected chi connectivity index (χ2v) is 11.2. The molecule has 10 N–H and O–H groups in total. The van der Waals surface area contributed by atoms with E-state index >= 15 is 0 Å². The molecule has 238 valence electrons. The number of hydrogen-bond donors (Lipinski definition) is 6. The van der Waals surface area contributed by atoms with Crippen LogP contribution >= 0.6 is 0 Å². The maximum atomic E-state index is 12.9. The molecule has 12 nitrogen and oxygen atoms in total. The quantitative estimate of drug-likeness (QED) is 0.198. The zero-order valence-electron chi connectivity index (χ0n) is 26.1. The molecule has 0 atom stereocenters. The summed E-state index contributed by atoms with van der Waals surface area (Å²) in [5.41, 5.74) is 30.0. The van der Waals surface area contributed by atoms with E-state index in [1.54, 1.807) is 24.3 Å². The van der Waals surface area contributed by atoms with Crippen LogP contribution in [0.25, 0.3) is 11.1 Å². The van der Waals surface area contributed by atoms with Crippen LogP contribution in [0.15, 0.2) is 94.4 Å². The van der Waals surface area contributed by atoms with Crippen LogP contribution < -0.4 is 33.6 Å². The van der Waals surface area contributed by atoms with E-state index in [9.17, 15) is 9.59 Å². The third-order valence-corrected chi connectivity index (χ3v) is 7.81. The van der Waals surface area contributed by atoms with Crippen molar-refractivity contribution in [3.63, 3.8) is 0 Å². The molecule has 2 amide bonds. The number of guanidine groups is 2. The molecule has 12 heteroatoms. The predicted octanol–water partition coefficient (Wildman–Crippen LogP) is 3.53. The van der Waals surface area contributed by atoms with Crippen molar-refractivity contribution >= 4 is 46.3 Å². The van der Waals surface area contributed by atoms with Gasteiger partial charge in [0.05, 0.1) is 0 Å². The van der Waals surface area contributed by atoms with Gasteiger partial charge < -0.3 is 43.4 Å². The van der Waals surface area contributed by atoms with Gasteiger partial charge in [0.1, 0.15) is 11.6 Å². The average molecular weight is 621 g/mol. The Kier molecular flexibility index (Phi) is 9.55. The first-order chi connectivity index (χ1) is 22.2. The Hall–Kier alpha value is -5.78. The van der Waals surface area contributed by atoms with Crippen LogP contribution in [0.2, 0.25) is 0 Å². The molecular formula is C34H40N10O2. The van der Waals surface area contributed by atoms with E-state index < -0.39 is 0 Å². The molecule has 0 aliphatic carbocycles. The van der Waals surface area contributed by atoms with Gasteiger partial charge in [0.2, 0.25) is 0 Å². The van der Waals surface area contributed by atoms with E-state index in [2.05, 4.69) is 34.5 Å². The molecular weight excluding hydrogens is 580 g/mol. The summed E-state index contributed by atoms with van der Waals surface area (Å²) in [6.45, 7) is 6.87. The molecule has 0 spiro atoms. The second kappa shape index (κ2) is 13.9. The van der Waals surface area contributed by atoms with Gasteiger partial charge in [0.15, 0.2) is 11.9 Å². The van der Waals surface area contributed by atoms with Gasteiger partial charge in [-0.2, -0.15) is 9.98 Å². The Morgan fingerprint density at radius 2 is 0.957 bits per heavy atom. The maximum Gasteiger partial charge on any atom is 0.255 e. The van der Waals surface area contributed by atoms with E-state index in [-0.39, 0.29) is 11.8 Å². The van der Waals surface area contributed by atoms with Crippen LogP contribution in [0, 0.1) is 0 Å². The first-order valence-electron chi connectivity index (χ1n) is 15.3. The summed E-state index contributed by atoms with van der Waals surface area (Å²) in [5.74, 6) is 1.04. The number of amides is 2. The third kappa shape index (κ3) is 7.12. The number of anilines is 2. The predicted molar refractivity (Wildman–Crippen MR) is 184 cm³/mol. The van der Waals surface area contributed by atoms with Gasteiger partial charge in [0.25, 0.3) is 11.8 Å². The van der Waals surface area contributed by atoms with Crippen LogP contribution in [0.3, 0.4) is 0 Å². The Labute approximate surface area is 268 Å². The van der Waals surface area contributed by atoms with Crippen LogP contribution in [0.1, 0.15) is 58.5 Å². The molecule has 0 saturated carbocycles. The summed E-state index contributed by atoms with van der Waals surface area (Å²) in [4.78, 5) is 38.4. The summed E-state index contributed by atoms with van der Waals surface area (Å²) < 4.78 is 0. The highest BCUT2D eigenvalue weighted by molar-refractivity contribution is 6.07. The van der Waals surface area contributed by atoms with Crippen molar-refractivity contribution in [3.8, 4) is 0 Å². The summed E-state index contributed by atoms with van der Waals surface area (Å²) in [6.07, 6.45) is 1.88. The van der Waals surface area contributed by atoms with Gasteiger partial charge >= 0.3 is 0 Å². The van der Waals surface area contributed by atoms with Gasteiger partial charge in [-0.25, -0.2) is 0 Å². The van der Waals surface area contributed by atoms with Crippen molar-refractivity contribution in [2.24, 2.45) is 32.9 Å². The SMILES string of the molecule is CCCN1CC(c2ccc(NC(=O)c3ccc(C(=O)Nc4ccc(C5=C(N)N=C(N)N(CCC)C5)cc4)cc3)cc2)=C(N)N=C1N. The first-order valence-corrected chi connectivity index (χ1v) is 15.3. The van der Waals surface area contributed by atoms with Crippen molar-refractivity contribution in [2.75, 3.05) is 36.8 Å². The summed E-state index contributed by atoms with van der Waals surface area (Å²) in [6, 6.07) is 21.3. The van der Waals surface area contributed by atoms with Gasteiger partial charge in [-0.05, 0) is 72.5 Å². The molecule has 5 rings (SSSR count). The number of nitrogens with two attached hydrogens (primary N) is 4. The van der Waals surface area contributed by atoms with Gasteiger partial charge in [-0.1, -0.05) is 38.1 Å². The smallest absolute Gasteiger partial charge is 0.255 e. The van der Waals surface area contributed by atoms with Crippen LogP contribution in [-0.4, -0.2) is 59.7 Å². The van der Waals surface area contributed by atoms with E-state index in [1.807, 2.05) is 58.3 Å². The standard InChI is InChI=1S/C34H40N10O2/c1-3-17-43-19-27(29(35)41-33(43)37)21-9-13-25(14-10-21)39-31(45)23-5-7-24(8-6-23)32(46)40-26-15-11-22(12-16-26)28-20-44(18-4-2)34(38)42-30(28)36/h5-16H,3-4,17-20,35-36H2,1-2H3,(H2,37,41)(H2,38,42)(H,39,45)(H,40,46). The number of rotatable bonds is 10. The molecule has 0 radical (unpaired) electrons. The minimum atomic E-state index is -0.293. The molecule has 0 saturated heterocycles. The third-order valence-electron chi connectivity index (χ3n) is 7.81. The zero-order chi connectivity index (χ0) is 32.8. The van der Waals surface area contributed by atoms with Gasteiger partial charge in [-0.15, -0.1) is 0 Å². The number of aliphatic imine (C=N–C) groups is 2. The van der Waals surface area contributed by atoms with E-state index in [4.69, 9.17) is 22.9 Å². The fourth-order valence-corrected chi connectivity index (χ4v) is 5.32. The Morgan fingerprint density at radius 3 is 1.28 bits per heavy atom. The lowest BCUT2D eigenvalue weighted by molar-refractivity contribution is 0.101. The van der Waals surface area contributed by atoms with Crippen molar-refractivity contribution in [1.82, 2.24) is 9.80 Å². The molecule has 46 heavy (non-hydrogen) atoms. The summed E-state index contributed by atoms with van der Waals surface area (Å²) in [5, 5.41) is 5.79. The zero-order valence-corrected chi connectivity index (χ0v) is 26.1. The molecule has 3 aromatic rings. The largest absolute Gasteiger partial charge is 0.383 e. The number of benzene rings is 3. The monoisotopic (exact) mass is 620 g/mol. The van der Waals surface area contributed by atoms with Crippen molar-refractivity contribution in [3.05, 3.63) is 107 Å². The number of carbonyl (C=O) groups is 2. The number of nitrogens with one attached hydrogen (secondary N) is 2. The fraction of sp³-hybridized carbons (Fsp3) is 0.235.